The predicted molar refractivity (Wildman–Crippen MR) is 99.9 cm³/mol. The molecule has 1 fully saturated rings. The summed E-state index contributed by atoms with van der Waals surface area (Å²) < 4.78 is 32.5. The standard InChI is InChI=1S/C19H22N2O4S/c1-14-3-7-17(8-4-14)20-19(22)16-6-5-15(2)18(13-16)26(23,24)21-9-11-25-12-10-21/h3-8,13H,9-12H2,1-2H3,(H,20,22). The van der Waals surface area contributed by atoms with Crippen molar-refractivity contribution >= 4 is 21.6 Å². The van der Waals surface area contributed by atoms with E-state index in [2.05, 4.69) is 5.32 Å². The first-order valence-electron chi connectivity index (χ1n) is 8.44. The average Bonchev–Trinajstić information content (AvgIpc) is 2.64. The first-order chi connectivity index (χ1) is 12.4. The van der Waals surface area contributed by atoms with E-state index in [4.69, 9.17) is 4.74 Å². The molecular weight excluding hydrogens is 352 g/mol. The fourth-order valence-corrected chi connectivity index (χ4v) is 4.44. The highest BCUT2D eigenvalue weighted by Crippen LogP contribution is 2.23. The molecule has 6 nitrogen and oxygen atoms in total. The van der Waals surface area contributed by atoms with E-state index in [1.54, 1.807) is 19.1 Å². The van der Waals surface area contributed by atoms with E-state index in [0.717, 1.165) is 5.56 Å². The predicted octanol–water partition coefficient (Wildman–Crippen LogP) is 2.58. The number of anilines is 1. The number of ether oxygens (including phenoxy) is 1. The van der Waals surface area contributed by atoms with Crippen molar-refractivity contribution in [3.8, 4) is 0 Å². The molecule has 0 saturated carbocycles. The molecule has 0 bridgehead atoms. The highest BCUT2D eigenvalue weighted by molar-refractivity contribution is 7.89. The normalized spacial score (nSPS) is 15.6. The quantitative estimate of drug-likeness (QED) is 0.892. The van der Waals surface area contributed by atoms with E-state index in [9.17, 15) is 13.2 Å². The lowest BCUT2D eigenvalue weighted by molar-refractivity contribution is 0.0730. The van der Waals surface area contributed by atoms with Crippen molar-refractivity contribution in [3.63, 3.8) is 0 Å². The van der Waals surface area contributed by atoms with Crippen molar-refractivity contribution in [1.29, 1.82) is 0 Å². The van der Waals surface area contributed by atoms with Crippen LogP contribution in [-0.2, 0) is 14.8 Å². The second-order valence-corrected chi connectivity index (χ2v) is 8.22. The smallest absolute Gasteiger partial charge is 0.255 e. The maximum absolute atomic E-state index is 12.9. The van der Waals surface area contributed by atoms with Crippen LogP contribution in [0.2, 0.25) is 0 Å². The summed E-state index contributed by atoms with van der Waals surface area (Å²) in [4.78, 5) is 12.7. The molecule has 1 heterocycles. The Balaban J connectivity index is 1.87. The molecule has 1 N–H and O–H groups in total. The number of nitrogens with zero attached hydrogens (tertiary/aromatic N) is 1. The van der Waals surface area contributed by atoms with Crippen molar-refractivity contribution in [2.24, 2.45) is 0 Å². The molecule has 7 heteroatoms. The van der Waals surface area contributed by atoms with Gasteiger partial charge < -0.3 is 10.1 Å². The largest absolute Gasteiger partial charge is 0.379 e. The van der Waals surface area contributed by atoms with Gasteiger partial charge in [0.25, 0.3) is 5.91 Å². The van der Waals surface area contributed by atoms with Gasteiger partial charge in [0.15, 0.2) is 0 Å². The highest BCUT2D eigenvalue weighted by Gasteiger charge is 2.28. The lowest BCUT2D eigenvalue weighted by atomic mass is 10.1. The number of amides is 1. The van der Waals surface area contributed by atoms with Gasteiger partial charge >= 0.3 is 0 Å². The highest BCUT2D eigenvalue weighted by atomic mass is 32.2. The van der Waals surface area contributed by atoms with Gasteiger partial charge in [0.2, 0.25) is 10.0 Å². The van der Waals surface area contributed by atoms with Gasteiger partial charge in [-0.2, -0.15) is 4.31 Å². The number of morpholine rings is 1. The molecule has 0 aliphatic carbocycles. The van der Waals surface area contributed by atoms with Crippen molar-refractivity contribution in [2.75, 3.05) is 31.6 Å². The minimum atomic E-state index is -3.65. The van der Waals surface area contributed by atoms with Crippen molar-refractivity contribution in [3.05, 3.63) is 59.2 Å². The Morgan fingerprint density at radius 2 is 1.69 bits per heavy atom. The van der Waals surface area contributed by atoms with E-state index >= 15 is 0 Å². The van der Waals surface area contributed by atoms with Gasteiger partial charge in [0, 0.05) is 24.3 Å². The summed E-state index contributed by atoms with van der Waals surface area (Å²) in [6.45, 7) is 5.10. The maximum Gasteiger partial charge on any atom is 0.255 e. The summed E-state index contributed by atoms with van der Waals surface area (Å²) in [7, 11) is -3.65. The molecule has 0 radical (unpaired) electrons. The number of hydrogen-bond donors (Lipinski definition) is 1. The maximum atomic E-state index is 12.9. The Morgan fingerprint density at radius 1 is 1.04 bits per heavy atom. The van der Waals surface area contributed by atoms with E-state index < -0.39 is 10.0 Å². The third-order valence-electron chi connectivity index (χ3n) is 4.35. The number of rotatable bonds is 4. The number of hydrogen-bond acceptors (Lipinski definition) is 4. The van der Waals surface area contributed by atoms with Crippen LogP contribution in [0, 0.1) is 13.8 Å². The van der Waals surface area contributed by atoms with Crippen LogP contribution >= 0.6 is 0 Å². The van der Waals surface area contributed by atoms with E-state index in [0.29, 0.717) is 43.1 Å². The molecule has 2 aromatic carbocycles. The van der Waals surface area contributed by atoms with Gasteiger partial charge in [-0.15, -0.1) is 0 Å². The molecule has 0 aromatic heterocycles. The van der Waals surface area contributed by atoms with Crippen LogP contribution in [0.25, 0.3) is 0 Å². The zero-order valence-corrected chi connectivity index (χ0v) is 15.7. The Kier molecular flexibility index (Phi) is 5.41. The molecule has 0 atom stereocenters. The molecular formula is C19H22N2O4S. The van der Waals surface area contributed by atoms with Crippen LogP contribution < -0.4 is 5.32 Å². The molecule has 2 aromatic rings. The molecule has 26 heavy (non-hydrogen) atoms. The molecule has 1 aliphatic rings. The Morgan fingerprint density at radius 3 is 2.35 bits per heavy atom. The van der Waals surface area contributed by atoms with Gasteiger partial charge in [-0.25, -0.2) is 8.42 Å². The van der Waals surface area contributed by atoms with Crippen molar-refractivity contribution in [2.45, 2.75) is 18.7 Å². The number of benzene rings is 2. The van der Waals surface area contributed by atoms with Gasteiger partial charge in [0.1, 0.15) is 0 Å². The Bertz CT molecular complexity index is 902. The van der Waals surface area contributed by atoms with E-state index in [1.165, 1.54) is 10.4 Å². The van der Waals surface area contributed by atoms with Gasteiger partial charge in [-0.05, 0) is 43.7 Å². The number of sulfonamides is 1. The van der Waals surface area contributed by atoms with Crippen LogP contribution in [-0.4, -0.2) is 44.9 Å². The fourth-order valence-electron chi connectivity index (χ4n) is 2.79. The molecule has 3 rings (SSSR count). The third-order valence-corrected chi connectivity index (χ3v) is 6.39. The fraction of sp³-hybridized carbons (Fsp3) is 0.316. The summed E-state index contributed by atoms with van der Waals surface area (Å²) in [6.07, 6.45) is 0. The number of nitrogens with one attached hydrogen (secondary N) is 1. The number of carbonyl (C=O) groups is 1. The van der Waals surface area contributed by atoms with Crippen LogP contribution in [0.15, 0.2) is 47.4 Å². The van der Waals surface area contributed by atoms with Gasteiger partial charge in [0.05, 0.1) is 18.1 Å². The summed E-state index contributed by atoms with van der Waals surface area (Å²) in [5.74, 6) is -0.340. The van der Waals surface area contributed by atoms with Crippen molar-refractivity contribution in [1.82, 2.24) is 4.31 Å². The SMILES string of the molecule is Cc1ccc(NC(=O)c2ccc(C)c(S(=O)(=O)N3CCOCC3)c2)cc1. The lowest BCUT2D eigenvalue weighted by Gasteiger charge is -2.26. The Hall–Kier alpha value is -2.22. The molecule has 1 saturated heterocycles. The summed E-state index contributed by atoms with van der Waals surface area (Å²) in [5.41, 5.74) is 2.68. The number of aryl methyl sites for hydroxylation is 2. The summed E-state index contributed by atoms with van der Waals surface area (Å²) in [6, 6.07) is 12.2. The minimum absolute atomic E-state index is 0.163. The molecule has 0 spiro atoms. The van der Waals surface area contributed by atoms with Crippen molar-refractivity contribution < 1.29 is 17.9 Å². The van der Waals surface area contributed by atoms with Crippen LogP contribution in [0.4, 0.5) is 5.69 Å². The minimum Gasteiger partial charge on any atom is -0.379 e. The molecule has 1 amide bonds. The molecule has 138 valence electrons. The molecule has 1 aliphatic heterocycles. The van der Waals surface area contributed by atoms with Crippen LogP contribution in [0.1, 0.15) is 21.5 Å². The first-order valence-corrected chi connectivity index (χ1v) is 9.88. The second kappa shape index (κ2) is 7.57. The Labute approximate surface area is 153 Å². The zero-order valence-electron chi connectivity index (χ0n) is 14.9. The van der Waals surface area contributed by atoms with E-state index in [1.807, 2.05) is 31.2 Å². The monoisotopic (exact) mass is 374 g/mol. The summed E-state index contributed by atoms with van der Waals surface area (Å²) in [5, 5.41) is 2.80. The summed E-state index contributed by atoms with van der Waals surface area (Å²) >= 11 is 0. The third kappa shape index (κ3) is 3.95. The van der Waals surface area contributed by atoms with Crippen LogP contribution in [0.5, 0.6) is 0 Å². The van der Waals surface area contributed by atoms with Gasteiger partial charge in [-0.1, -0.05) is 23.8 Å². The molecule has 0 unspecified atom stereocenters. The van der Waals surface area contributed by atoms with E-state index in [-0.39, 0.29) is 10.8 Å². The average molecular weight is 374 g/mol. The topological polar surface area (TPSA) is 75.7 Å². The lowest BCUT2D eigenvalue weighted by Crippen LogP contribution is -2.40. The first kappa shape index (κ1) is 18.6. The van der Waals surface area contributed by atoms with Gasteiger partial charge in [-0.3, -0.25) is 4.79 Å². The number of carbonyl (C=O) groups excluding carboxylic acids is 1. The zero-order chi connectivity index (χ0) is 18.7. The van der Waals surface area contributed by atoms with Crippen LogP contribution in [0.3, 0.4) is 0 Å². The second-order valence-electron chi connectivity index (χ2n) is 6.32.